The van der Waals surface area contributed by atoms with Crippen molar-refractivity contribution in [3.05, 3.63) is 12.3 Å². The standard InChI is InChI=1S/C9H14O2/c1-2-3-4-9-7-8(10)5-6-11-9/h5-6,9H,2-4,7H2,1H3/t9-/m0/s1. The molecular weight excluding hydrogens is 140 g/mol. The van der Waals surface area contributed by atoms with Crippen molar-refractivity contribution in [2.24, 2.45) is 0 Å². The van der Waals surface area contributed by atoms with E-state index in [1.54, 1.807) is 0 Å². The largest absolute Gasteiger partial charge is 0.497 e. The molecule has 2 nitrogen and oxygen atoms in total. The van der Waals surface area contributed by atoms with E-state index in [-0.39, 0.29) is 11.9 Å². The first-order valence-corrected chi connectivity index (χ1v) is 4.17. The topological polar surface area (TPSA) is 26.3 Å². The molecule has 11 heavy (non-hydrogen) atoms. The molecule has 0 bridgehead atoms. The highest BCUT2D eigenvalue weighted by Crippen LogP contribution is 2.13. The number of ether oxygens (including phenoxy) is 1. The van der Waals surface area contributed by atoms with Crippen molar-refractivity contribution < 1.29 is 9.53 Å². The van der Waals surface area contributed by atoms with Gasteiger partial charge >= 0.3 is 0 Å². The molecule has 0 radical (unpaired) electrons. The zero-order valence-electron chi connectivity index (χ0n) is 6.88. The van der Waals surface area contributed by atoms with E-state index in [1.807, 2.05) is 0 Å². The maximum atomic E-state index is 10.9. The quantitative estimate of drug-likeness (QED) is 0.621. The number of rotatable bonds is 3. The van der Waals surface area contributed by atoms with Crippen molar-refractivity contribution >= 4 is 5.78 Å². The van der Waals surface area contributed by atoms with Crippen molar-refractivity contribution in [2.45, 2.75) is 38.7 Å². The van der Waals surface area contributed by atoms with Crippen LogP contribution in [0.5, 0.6) is 0 Å². The second-order valence-corrected chi connectivity index (χ2v) is 2.87. The van der Waals surface area contributed by atoms with E-state index in [1.165, 1.54) is 12.3 Å². The van der Waals surface area contributed by atoms with Crippen LogP contribution in [0.3, 0.4) is 0 Å². The zero-order chi connectivity index (χ0) is 8.10. The maximum Gasteiger partial charge on any atom is 0.162 e. The van der Waals surface area contributed by atoms with Crippen molar-refractivity contribution in [3.63, 3.8) is 0 Å². The highest BCUT2D eigenvalue weighted by Gasteiger charge is 2.15. The van der Waals surface area contributed by atoms with Crippen molar-refractivity contribution in [1.29, 1.82) is 0 Å². The van der Waals surface area contributed by atoms with Crippen LogP contribution in [0.15, 0.2) is 12.3 Å². The second-order valence-electron chi connectivity index (χ2n) is 2.87. The molecule has 0 aromatic carbocycles. The number of ketones is 1. The number of carbonyl (C=O) groups excluding carboxylic acids is 1. The smallest absolute Gasteiger partial charge is 0.162 e. The zero-order valence-corrected chi connectivity index (χ0v) is 6.88. The average molecular weight is 154 g/mol. The lowest BCUT2D eigenvalue weighted by Crippen LogP contribution is -2.18. The Labute approximate surface area is 67.2 Å². The summed E-state index contributed by atoms with van der Waals surface area (Å²) in [5.41, 5.74) is 0. The SMILES string of the molecule is CCCC[C@H]1CC(=O)C=CO1. The summed E-state index contributed by atoms with van der Waals surface area (Å²) in [6.07, 6.45) is 7.05. The number of hydrogen-bond donors (Lipinski definition) is 0. The molecule has 1 aliphatic rings. The monoisotopic (exact) mass is 154 g/mol. The second kappa shape index (κ2) is 4.16. The molecule has 1 atom stereocenters. The van der Waals surface area contributed by atoms with E-state index in [9.17, 15) is 4.79 Å². The summed E-state index contributed by atoms with van der Waals surface area (Å²) in [6.45, 7) is 2.14. The third-order valence-corrected chi connectivity index (χ3v) is 1.83. The maximum absolute atomic E-state index is 10.9. The summed E-state index contributed by atoms with van der Waals surface area (Å²) < 4.78 is 5.25. The Kier molecular flexibility index (Phi) is 3.14. The van der Waals surface area contributed by atoms with Gasteiger partial charge in [-0.2, -0.15) is 0 Å². The van der Waals surface area contributed by atoms with Crippen molar-refractivity contribution in [2.75, 3.05) is 0 Å². The van der Waals surface area contributed by atoms with Gasteiger partial charge in [-0.3, -0.25) is 4.79 Å². The highest BCUT2D eigenvalue weighted by atomic mass is 16.5. The minimum absolute atomic E-state index is 0.146. The first-order chi connectivity index (χ1) is 5.33. The molecule has 0 saturated heterocycles. The summed E-state index contributed by atoms with van der Waals surface area (Å²) in [5.74, 6) is 0.192. The summed E-state index contributed by atoms with van der Waals surface area (Å²) in [4.78, 5) is 10.9. The van der Waals surface area contributed by atoms with Gasteiger partial charge < -0.3 is 4.74 Å². The molecule has 2 heteroatoms. The van der Waals surface area contributed by atoms with Gasteiger partial charge in [0.15, 0.2) is 5.78 Å². The Morgan fingerprint density at radius 3 is 3.18 bits per heavy atom. The molecule has 0 unspecified atom stereocenters. The molecule has 0 saturated carbocycles. The molecule has 62 valence electrons. The van der Waals surface area contributed by atoms with Gasteiger partial charge in [0.1, 0.15) is 6.10 Å². The van der Waals surface area contributed by atoms with Gasteiger partial charge in [-0.05, 0) is 6.42 Å². The lowest BCUT2D eigenvalue weighted by molar-refractivity contribution is -0.118. The van der Waals surface area contributed by atoms with Gasteiger partial charge in [0.05, 0.1) is 6.26 Å². The number of carbonyl (C=O) groups is 1. The van der Waals surface area contributed by atoms with Crippen LogP contribution in [-0.2, 0) is 9.53 Å². The first kappa shape index (κ1) is 8.31. The first-order valence-electron chi connectivity index (χ1n) is 4.17. The Balaban J connectivity index is 2.26. The minimum Gasteiger partial charge on any atom is -0.497 e. The molecule has 1 heterocycles. The molecule has 1 aliphatic heterocycles. The van der Waals surface area contributed by atoms with Crippen LogP contribution in [0.4, 0.5) is 0 Å². The van der Waals surface area contributed by atoms with E-state index in [4.69, 9.17) is 4.74 Å². The molecule has 0 N–H and O–H groups in total. The van der Waals surface area contributed by atoms with Crippen molar-refractivity contribution in [3.8, 4) is 0 Å². The van der Waals surface area contributed by atoms with Crippen LogP contribution in [0, 0.1) is 0 Å². The molecule has 0 aromatic heterocycles. The fraction of sp³-hybridized carbons (Fsp3) is 0.667. The summed E-state index contributed by atoms with van der Waals surface area (Å²) >= 11 is 0. The predicted octanol–water partition coefficient (Wildman–Crippen LogP) is 2.05. The fourth-order valence-electron chi connectivity index (χ4n) is 1.17. The van der Waals surface area contributed by atoms with Gasteiger partial charge in [-0.25, -0.2) is 0 Å². The minimum atomic E-state index is 0.146. The molecule has 0 fully saturated rings. The normalized spacial score (nSPS) is 23.4. The van der Waals surface area contributed by atoms with Crippen LogP contribution >= 0.6 is 0 Å². The molecule has 0 spiro atoms. The van der Waals surface area contributed by atoms with Crippen LogP contribution in [0.2, 0.25) is 0 Å². The van der Waals surface area contributed by atoms with Gasteiger partial charge in [0.25, 0.3) is 0 Å². The Morgan fingerprint density at radius 2 is 2.55 bits per heavy atom. The predicted molar refractivity (Wildman–Crippen MR) is 43.2 cm³/mol. The van der Waals surface area contributed by atoms with E-state index in [2.05, 4.69) is 6.92 Å². The highest BCUT2D eigenvalue weighted by molar-refractivity contribution is 5.90. The Hall–Kier alpha value is -0.790. The van der Waals surface area contributed by atoms with Crippen LogP contribution in [0.25, 0.3) is 0 Å². The van der Waals surface area contributed by atoms with Gasteiger partial charge in [-0.15, -0.1) is 0 Å². The third kappa shape index (κ3) is 2.74. The number of allylic oxidation sites excluding steroid dienone is 1. The lowest BCUT2D eigenvalue weighted by Gasteiger charge is -2.17. The summed E-state index contributed by atoms with van der Waals surface area (Å²) in [6, 6.07) is 0. The van der Waals surface area contributed by atoms with Crippen LogP contribution < -0.4 is 0 Å². The molecule has 0 amide bonds. The summed E-state index contributed by atoms with van der Waals surface area (Å²) in [5, 5.41) is 0. The third-order valence-electron chi connectivity index (χ3n) is 1.83. The van der Waals surface area contributed by atoms with Gasteiger partial charge in [0.2, 0.25) is 0 Å². The van der Waals surface area contributed by atoms with E-state index in [0.29, 0.717) is 6.42 Å². The average Bonchev–Trinajstić information content (AvgIpc) is 2.01. The Bertz CT molecular complexity index is 161. The number of unbranched alkanes of at least 4 members (excludes halogenated alkanes) is 1. The van der Waals surface area contributed by atoms with Crippen LogP contribution in [-0.4, -0.2) is 11.9 Å². The molecule has 1 rings (SSSR count). The molecule has 0 aliphatic carbocycles. The Morgan fingerprint density at radius 1 is 1.73 bits per heavy atom. The van der Waals surface area contributed by atoms with E-state index in [0.717, 1.165) is 19.3 Å². The van der Waals surface area contributed by atoms with Crippen LogP contribution in [0.1, 0.15) is 32.6 Å². The van der Waals surface area contributed by atoms with Crippen molar-refractivity contribution in [1.82, 2.24) is 0 Å². The molecule has 0 aromatic rings. The summed E-state index contributed by atoms with van der Waals surface area (Å²) in [7, 11) is 0. The molecular formula is C9H14O2. The van der Waals surface area contributed by atoms with E-state index < -0.39 is 0 Å². The van der Waals surface area contributed by atoms with Gasteiger partial charge in [0, 0.05) is 12.5 Å². The van der Waals surface area contributed by atoms with Gasteiger partial charge in [-0.1, -0.05) is 19.8 Å². The van der Waals surface area contributed by atoms with E-state index >= 15 is 0 Å². The fourth-order valence-corrected chi connectivity index (χ4v) is 1.17. The number of hydrogen-bond acceptors (Lipinski definition) is 2. The lowest BCUT2D eigenvalue weighted by atomic mass is 10.1.